The van der Waals surface area contributed by atoms with E-state index in [0.717, 1.165) is 91.9 Å². The van der Waals surface area contributed by atoms with Crippen molar-refractivity contribution in [1.29, 1.82) is 0 Å². The first-order valence-electron chi connectivity index (χ1n) is 18.1. The Morgan fingerprint density at radius 1 is 0.379 bits per heavy atom. The molecule has 2 unspecified atom stereocenters. The maximum Gasteiger partial charge on any atom is 0.372 e. The third-order valence-electron chi connectivity index (χ3n) is 13.2. The summed E-state index contributed by atoms with van der Waals surface area (Å²) in [4.78, 5) is 0. The van der Waals surface area contributed by atoms with E-state index < -0.39 is 24.0 Å². The van der Waals surface area contributed by atoms with Crippen molar-refractivity contribution in [1.82, 2.24) is 0 Å². The summed E-state index contributed by atoms with van der Waals surface area (Å²) in [5.41, 5.74) is 4.51. The Balaban J connectivity index is 1.45. The fourth-order valence-electron chi connectivity index (χ4n) is 11.3. The third kappa shape index (κ3) is 4.62. The van der Waals surface area contributed by atoms with Crippen LogP contribution in [0, 0.1) is 0 Å². The summed E-state index contributed by atoms with van der Waals surface area (Å²) >= 11 is 83.3. The van der Waals surface area contributed by atoms with Gasteiger partial charge in [0, 0.05) is 11.8 Å². The van der Waals surface area contributed by atoms with E-state index in [4.69, 9.17) is 133 Å². The molecule has 58 heavy (non-hydrogen) atoms. The lowest BCUT2D eigenvalue weighted by molar-refractivity contribution is 0.752. The molecule has 3 aliphatic rings. The predicted molar refractivity (Wildman–Crippen MR) is 271 cm³/mol. The Kier molecular flexibility index (Phi) is 7.56. The quantitative estimate of drug-likeness (QED) is 0.0713. The first kappa shape index (κ1) is 37.7. The van der Waals surface area contributed by atoms with Crippen molar-refractivity contribution in [3.63, 3.8) is 0 Å². The third-order valence-corrected chi connectivity index (χ3v) is 24.8. The Hall–Kier alpha value is -0.852. The summed E-state index contributed by atoms with van der Waals surface area (Å²) < 4.78 is 0. The fraction of sp³-hybridized carbons (Fsp3) is 0.0476. The molecule has 0 fully saturated rings. The van der Waals surface area contributed by atoms with Gasteiger partial charge in [0.25, 0.3) is 0 Å². The first-order valence-corrected chi connectivity index (χ1v) is 38.3. The lowest BCUT2D eigenvalue weighted by atomic mass is 9.61. The van der Waals surface area contributed by atoms with Crippen LogP contribution < -0.4 is 15.6 Å². The molecule has 16 heteroatoms. The van der Waals surface area contributed by atoms with Crippen molar-refractivity contribution in [2.75, 3.05) is 0 Å². The average molecular weight is 1060 g/mol. The highest BCUT2D eigenvalue weighted by atomic mass is 35.9. The summed E-state index contributed by atoms with van der Waals surface area (Å²) in [6.07, 6.45) is 4.32. The largest absolute Gasteiger partial charge is 0.372 e. The van der Waals surface area contributed by atoms with Crippen LogP contribution in [0.25, 0.3) is 103 Å². The van der Waals surface area contributed by atoms with Crippen molar-refractivity contribution in [2.45, 2.75) is 11.8 Å². The van der Waals surface area contributed by atoms with Gasteiger partial charge in [-0.15, -0.1) is 133 Å². The molecule has 3 aliphatic carbocycles. The zero-order valence-corrected chi connectivity index (χ0v) is 41.8. The average Bonchev–Trinajstić information content (AvgIpc) is 3.16. The van der Waals surface area contributed by atoms with E-state index in [0.29, 0.717) is 15.6 Å². The summed E-state index contributed by atoms with van der Waals surface area (Å²) in [5, 5.41) is 22.5. The standard InChI is InChI=1S/C42H16Cl12Si4/c43-55(44,45)15-7-23-19-3-1-4-20-24-8-16(56(46,47)48)12-28-30-14-18(58(52,53)54)10-26-22-6-2-5-21-25-9-17(57(49,50)51)13-29-27(11-15)33(23)39-37(31(19)20)40(34(24)28)42(36(26)30)38(32(21)22)41(39)35(25)29/h1-14,23,33H. The minimum atomic E-state index is -3.44. The zero-order valence-electron chi connectivity index (χ0n) is 28.8. The van der Waals surface area contributed by atoms with Crippen LogP contribution >= 0.6 is 133 Å². The molecule has 13 rings (SSSR count). The SMILES string of the molecule is Cl[Si](Cl)(Cl)C1=CC2c3cccc4c5cc([Si](Cl)(Cl)Cl)cc6c7cc([Si](Cl)(Cl)Cl)cc8c9cccc%10c%11cc([Si](Cl)(Cl)Cl)cc%12c%11c%11c(c(c34)c(c56)c(c87)c%11c%109)C2C%12=C1. The number of hydrogen-bond donors (Lipinski definition) is 0. The number of rotatable bonds is 4. The molecule has 10 aromatic rings. The number of halogens is 12. The van der Waals surface area contributed by atoms with E-state index in [-0.39, 0.29) is 11.8 Å². The van der Waals surface area contributed by atoms with Crippen molar-refractivity contribution in [3.05, 3.63) is 107 Å². The molecular weight excluding hydrogens is 1040 g/mol. The molecule has 0 N–H and O–H groups in total. The Labute approximate surface area is 389 Å². The minimum absolute atomic E-state index is 0.112. The van der Waals surface area contributed by atoms with Crippen LogP contribution in [0.15, 0.2) is 90.1 Å². The molecule has 0 amide bonds. The molecule has 0 saturated heterocycles. The molecule has 2 atom stereocenters. The predicted octanol–water partition coefficient (Wildman–Crippen LogP) is 15.7. The van der Waals surface area contributed by atoms with E-state index in [9.17, 15) is 0 Å². The molecule has 0 bridgehead atoms. The number of allylic oxidation sites excluding steroid dienone is 4. The van der Waals surface area contributed by atoms with Crippen molar-refractivity contribution in [3.8, 4) is 0 Å². The second-order valence-electron chi connectivity index (χ2n) is 15.8. The van der Waals surface area contributed by atoms with Gasteiger partial charge < -0.3 is 0 Å². The van der Waals surface area contributed by atoms with Gasteiger partial charge in [-0.3, -0.25) is 0 Å². The highest BCUT2D eigenvalue weighted by Gasteiger charge is 2.47. The maximum absolute atomic E-state index is 6.95. The molecule has 0 heterocycles. The lowest BCUT2D eigenvalue weighted by Crippen LogP contribution is -2.32. The van der Waals surface area contributed by atoms with Crippen LogP contribution in [-0.4, -0.2) is 24.0 Å². The van der Waals surface area contributed by atoms with Gasteiger partial charge in [-0.2, -0.15) is 0 Å². The van der Waals surface area contributed by atoms with Crippen LogP contribution in [0.2, 0.25) is 0 Å². The van der Waals surface area contributed by atoms with Crippen LogP contribution in [0.3, 0.4) is 0 Å². The summed E-state index contributed by atoms with van der Waals surface area (Å²) in [6, 6.07) is 11.8. The zero-order chi connectivity index (χ0) is 40.1. The monoisotopic (exact) mass is 1050 g/mol. The molecule has 0 spiro atoms. The highest BCUT2D eigenvalue weighted by Crippen LogP contribution is 2.66. The van der Waals surface area contributed by atoms with E-state index >= 15 is 0 Å². The second kappa shape index (κ2) is 11.6. The van der Waals surface area contributed by atoms with Crippen molar-refractivity contribution >= 4 is 275 Å². The maximum atomic E-state index is 6.95. The summed E-state index contributed by atoms with van der Waals surface area (Å²) in [6.45, 7) is 0. The normalized spacial score (nSPS) is 18.6. The highest BCUT2D eigenvalue weighted by molar-refractivity contribution is 7.70. The van der Waals surface area contributed by atoms with Crippen molar-refractivity contribution in [2.24, 2.45) is 0 Å². The topological polar surface area (TPSA) is 0 Å². The molecule has 0 aliphatic heterocycles. The van der Waals surface area contributed by atoms with Gasteiger partial charge in [0.05, 0.1) is 0 Å². The lowest BCUT2D eigenvalue weighted by Gasteiger charge is -2.43. The van der Waals surface area contributed by atoms with Gasteiger partial charge in [0.15, 0.2) is 0 Å². The van der Waals surface area contributed by atoms with Gasteiger partial charge in [-0.25, -0.2) is 0 Å². The van der Waals surface area contributed by atoms with E-state index in [1.165, 1.54) is 32.5 Å². The Bertz CT molecular complexity index is 3690. The molecule has 0 aromatic heterocycles. The van der Waals surface area contributed by atoms with Crippen LogP contribution in [0.4, 0.5) is 0 Å². The molecule has 0 saturated carbocycles. The molecule has 284 valence electrons. The van der Waals surface area contributed by atoms with E-state index in [1.54, 1.807) is 0 Å². The smallest absolute Gasteiger partial charge is 0.121 e. The van der Waals surface area contributed by atoms with Crippen LogP contribution in [0.1, 0.15) is 28.5 Å². The fourth-order valence-corrected chi connectivity index (χ4v) is 17.8. The number of fused-ring (bicyclic) bond motifs is 6. The molecular formula is C42H16Cl12Si4. The van der Waals surface area contributed by atoms with E-state index in [1.807, 2.05) is 0 Å². The van der Waals surface area contributed by atoms with Gasteiger partial charge in [0.1, 0.15) is 0 Å². The molecule has 0 nitrogen and oxygen atoms in total. The summed E-state index contributed by atoms with van der Waals surface area (Å²) in [5.74, 6) is -0.262. The minimum Gasteiger partial charge on any atom is -0.121 e. The number of hydrogen-bond acceptors (Lipinski definition) is 0. The van der Waals surface area contributed by atoms with E-state index in [2.05, 4.69) is 84.9 Å². The first-order chi connectivity index (χ1) is 27.3. The Morgan fingerprint density at radius 3 is 1.31 bits per heavy atom. The summed E-state index contributed by atoms with van der Waals surface area (Å²) in [7, 11) is 0. The van der Waals surface area contributed by atoms with Crippen molar-refractivity contribution < 1.29 is 0 Å². The second-order valence-corrected chi connectivity index (χ2v) is 49.5. The van der Waals surface area contributed by atoms with Gasteiger partial charge >= 0.3 is 24.0 Å². The molecule has 0 radical (unpaired) electrons. The Morgan fingerprint density at radius 2 is 0.793 bits per heavy atom. The van der Waals surface area contributed by atoms with Gasteiger partial charge in [-0.05, 0) is 140 Å². The molecule has 10 aromatic carbocycles. The van der Waals surface area contributed by atoms with Gasteiger partial charge in [0.2, 0.25) is 0 Å². The van der Waals surface area contributed by atoms with Crippen LogP contribution in [-0.2, 0) is 0 Å². The van der Waals surface area contributed by atoms with Gasteiger partial charge in [-0.1, -0.05) is 84.9 Å². The number of benzene rings is 10. The van der Waals surface area contributed by atoms with Crippen LogP contribution in [0.5, 0.6) is 0 Å².